The van der Waals surface area contributed by atoms with Crippen molar-refractivity contribution in [2.75, 3.05) is 31.1 Å². The molecule has 0 radical (unpaired) electrons. The average molecular weight is 581 g/mol. The van der Waals surface area contributed by atoms with Gasteiger partial charge in [-0.1, -0.05) is 31.1 Å². The SMILES string of the molecule is CC(C)c1noc(N2CCC(CCCOc3ccc([C@H](NC(=O)OC(C)(C)C)C(=O)N4CCCC4C#N)cc3)CC2)n1. The number of nitriles is 1. The van der Waals surface area contributed by atoms with Gasteiger partial charge < -0.3 is 29.1 Å². The number of nitrogens with zero attached hydrogens (tertiary/aromatic N) is 5. The smallest absolute Gasteiger partial charge is 0.408 e. The van der Waals surface area contributed by atoms with Crippen molar-refractivity contribution in [1.82, 2.24) is 20.4 Å². The Morgan fingerprint density at radius 2 is 1.86 bits per heavy atom. The normalized spacial score (nSPS) is 18.5. The zero-order valence-electron chi connectivity index (χ0n) is 25.5. The highest BCUT2D eigenvalue weighted by atomic mass is 16.6. The number of aromatic nitrogens is 2. The first-order chi connectivity index (χ1) is 20.0. The monoisotopic (exact) mass is 580 g/mol. The van der Waals surface area contributed by atoms with E-state index in [1.54, 1.807) is 37.8 Å². The highest BCUT2D eigenvalue weighted by molar-refractivity contribution is 5.87. The summed E-state index contributed by atoms with van der Waals surface area (Å²) in [6, 6.07) is 8.56. The van der Waals surface area contributed by atoms with E-state index in [2.05, 4.69) is 40.3 Å². The maximum absolute atomic E-state index is 13.4. The van der Waals surface area contributed by atoms with Crippen LogP contribution in [0.5, 0.6) is 5.75 Å². The van der Waals surface area contributed by atoms with Gasteiger partial charge in [-0.3, -0.25) is 4.79 Å². The second-order valence-corrected chi connectivity index (χ2v) is 12.5. The predicted octanol–water partition coefficient (Wildman–Crippen LogP) is 5.35. The van der Waals surface area contributed by atoms with E-state index in [1.807, 2.05) is 12.1 Å². The molecule has 2 amide bonds. The van der Waals surface area contributed by atoms with Crippen molar-refractivity contribution in [3.8, 4) is 11.8 Å². The Morgan fingerprint density at radius 1 is 1.14 bits per heavy atom. The van der Waals surface area contributed by atoms with Crippen molar-refractivity contribution in [3.05, 3.63) is 35.7 Å². The first-order valence-corrected chi connectivity index (χ1v) is 15.0. The van der Waals surface area contributed by atoms with E-state index in [0.717, 1.165) is 51.0 Å². The molecule has 0 saturated carbocycles. The van der Waals surface area contributed by atoms with Crippen LogP contribution >= 0.6 is 0 Å². The van der Waals surface area contributed by atoms with E-state index in [-0.39, 0.29) is 11.8 Å². The maximum Gasteiger partial charge on any atom is 0.408 e. The van der Waals surface area contributed by atoms with Crippen LogP contribution < -0.4 is 15.0 Å². The summed E-state index contributed by atoms with van der Waals surface area (Å²) in [5.41, 5.74) is -0.101. The van der Waals surface area contributed by atoms with Gasteiger partial charge in [-0.05, 0) is 82.9 Å². The lowest BCUT2D eigenvalue weighted by Crippen LogP contribution is -2.45. The van der Waals surface area contributed by atoms with Crippen molar-refractivity contribution >= 4 is 18.0 Å². The Kier molecular flexibility index (Phi) is 10.3. The summed E-state index contributed by atoms with van der Waals surface area (Å²) in [5.74, 6) is 2.02. The summed E-state index contributed by atoms with van der Waals surface area (Å²) in [6.45, 7) is 12.3. The van der Waals surface area contributed by atoms with E-state index in [0.29, 0.717) is 42.8 Å². The molecule has 11 nitrogen and oxygen atoms in total. The third kappa shape index (κ3) is 8.37. The van der Waals surface area contributed by atoms with Crippen LogP contribution in [0.4, 0.5) is 10.8 Å². The van der Waals surface area contributed by atoms with Gasteiger partial charge in [0.15, 0.2) is 5.82 Å². The highest BCUT2D eigenvalue weighted by Crippen LogP contribution is 2.28. The predicted molar refractivity (Wildman–Crippen MR) is 157 cm³/mol. The van der Waals surface area contributed by atoms with Gasteiger partial charge in [-0.2, -0.15) is 10.2 Å². The molecule has 2 atom stereocenters. The van der Waals surface area contributed by atoms with Gasteiger partial charge in [0.2, 0.25) is 0 Å². The first-order valence-electron chi connectivity index (χ1n) is 15.0. The van der Waals surface area contributed by atoms with Crippen LogP contribution in [0.2, 0.25) is 0 Å². The molecular formula is C31H44N6O5. The molecule has 2 aliphatic heterocycles. The molecule has 11 heteroatoms. The fraction of sp³-hybridized carbons (Fsp3) is 0.645. The number of nitrogens with one attached hydrogen (secondary N) is 1. The van der Waals surface area contributed by atoms with Gasteiger partial charge in [0.25, 0.3) is 5.91 Å². The summed E-state index contributed by atoms with van der Waals surface area (Å²) in [7, 11) is 0. The zero-order chi connectivity index (χ0) is 30.3. The quantitative estimate of drug-likeness (QED) is 0.369. The lowest BCUT2D eigenvalue weighted by Gasteiger charge is -2.30. The van der Waals surface area contributed by atoms with E-state index < -0.39 is 23.8 Å². The molecule has 2 fully saturated rings. The van der Waals surface area contributed by atoms with Crippen molar-refractivity contribution in [1.29, 1.82) is 5.26 Å². The molecule has 0 aliphatic carbocycles. The number of likely N-dealkylation sites (tertiary alicyclic amines) is 1. The number of amides is 2. The number of anilines is 1. The Labute approximate surface area is 248 Å². The van der Waals surface area contributed by atoms with Crippen LogP contribution in [-0.4, -0.2) is 64.9 Å². The number of piperidine rings is 1. The third-order valence-corrected chi connectivity index (χ3v) is 7.66. The second-order valence-electron chi connectivity index (χ2n) is 12.5. The summed E-state index contributed by atoms with van der Waals surface area (Å²) >= 11 is 0. The molecule has 2 aromatic rings. The molecule has 1 aromatic heterocycles. The topological polar surface area (TPSA) is 134 Å². The van der Waals surface area contributed by atoms with Gasteiger partial charge in [0, 0.05) is 25.6 Å². The number of rotatable bonds is 10. The van der Waals surface area contributed by atoms with Gasteiger partial charge in [0.1, 0.15) is 23.4 Å². The molecule has 0 bridgehead atoms. The van der Waals surface area contributed by atoms with Gasteiger partial charge >= 0.3 is 12.1 Å². The number of benzene rings is 1. The summed E-state index contributed by atoms with van der Waals surface area (Å²) in [5, 5.41) is 16.3. The third-order valence-electron chi connectivity index (χ3n) is 7.66. The van der Waals surface area contributed by atoms with Crippen LogP contribution in [0, 0.1) is 17.2 Å². The van der Waals surface area contributed by atoms with Crippen molar-refractivity contribution in [2.45, 2.75) is 96.7 Å². The molecule has 4 rings (SSSR count). The molecule has 228 valence electrons. The van der Waals surface area contributed by atoms with Crippen molar-refractivity contribution in [3.63, 3.8) is 0 Å². The number of carbonyl (C=O) groups excluding carboxylic acids is 2. The Balaban J connectivity index is 1.27. The molecular weight excluding hydrogens is 536 g/mol. The number of carbonyl (C=O) groups is 2. The molecule has 0 spiro atoms. The lowest BCUT2D eigenvalue weighted by molar-refractivity contribution is -0.133. The molecule has 2 aliphatic rings. The summed E-state index contributed by atoms with van der Waals surface area (Å²) < 4.78 is 16.8. The van der Waals surface area contributed by atoms with Gasteiger partial charge in [-0.25, -0.2) is 4.79 Å². The number of ether oxygens (including phenoxy) is 2. The largest absolute Gasteiger partial charge is 0.494 e. The summed E-state index contributed by atoms with van der Waals surface area (Å²) in [4.78, 5) is 34.3. The van der Waals surface area contributed by atoms with Gasteiger partial charge in [0.05, 0.1) is 12.7 Å². The van der Waals surface area contributed by atoms with Crippen LogP contribution in [0.3, 0.4) is 0 Å². The van der Waals surface area contributed by atoms with Crippen molar-refractivity contribution < 1.29 is 23.6 Å². The zero-order valence-corrected chi connectivity index (χ0v) is 25.5. The molecule has 1 unspecified atom stereocenters. The van der Waals surface area contributed by atoms with Crippen LogP contribution in [0.15, 0.2) is 28.8 Å². The first kappa shape index (κ1) is 31.1. The highest BCUT2D eigenvalue weighted by Gasteiger charge is 2.35. The molecule has 42 heavy (non-hydrogen) atoms. The molecule has 3 heterocycles. The maximum atomic E-state index is 13.4. The fourth-order valence-electron chi connectivity index (χ4n) is 5.36. The van der Waals surface area contributed by atoms with Crippen LogP contribution in [0.1, 0.15) is 96.5 Å². The fourth-order valence-corrected chi connectivity index (χ4v) is 5.36. The number of hydrogen-bond acceptors (Lipinski definition) is 9. The van der Waals surface area contributed by atoms with E-state index in [9.17, 15) is 14.9 Å². The van der Waals surface area contributed by atoms with Crippen LogP contribution in [-0.2, 0) is 9.53 Å². The van der Waals surface area contributed by atoms with E-state index in [4.69, 9.17) is 14.0 Å². The van der Waals surface area contributed by atoms with Crippen LogP contribution in [0.25, 0.3) is 0 Å². The number of hydrogen-bond donors (Lipinski definition) is 1. The standard InChI is InChI=1S/C31H44N6O5/c1-21(2)27-34-29(42-35-27)36-17-14-22(15-18-36)8-7-19-40-25-12-10-23(11-13-25)26(33-30(39)41-31(3,4)5)28(38)37-16-6-9-24(37)20-32/h10-13,21-22,24,26H,6-9,14-19H2,1-5H3,(H,33,39)/t24?,26-/m0/s1. The Morgan fingerprint density at radius 3 is 2.48 bits per heavy atom. The molecule has 1 aromatic carbocycles. The average Bonchev–Trinajstić information content (AvgIpc) is 3.64. The number of alkyl carbamates (subject to hydrolysis) is 1. The minimum atomic E-state index is -0.960. The van der Waals surface area contributed by atoms with E-state index >= 15 is 0 Å². The second kappa shape index (κ2) is 13.9. The molecule has 1 N–H and O–H groups in total. The minimum Gasteiger partial charge on any atom is -0.494 e. The summed E-state index contributed by atoms with van der Waals surface area (Å²) in [6.07, 6.45) is 4.89. The lowest BCUT2D eigenvalue weighted by atomic mass is 9.92. The van der Waals surface area contributed by atoms with Crippen molar-refractivity contribution in [2.24, 2.45) is 5.92 Å². The molecule has 2 saturated heterocycles. The Bertz CT molecular complexity index is 1220. The van der Waals surface area contributed by atoms with E-state index in [1.165, 1.54) is 0 Å². The Hall–Kier alpha value is -3.81. The van der Waals surface area contributed by atoms with Gasteiger partial charge in [-0.15, -0.1) is 0 Å². The minimum absolute atomic E-state index is 0.251.